The quantitative estimate of drug-likeness (QED) is 0.188. The molecule has 0 radical (unpaired) electrons. The number of hydrazone groups is 1. The number of methoxy groups -OCH3 is 1. The van der Waals surface area contributed by atoms with Crippen molar-refractivity contribution in [3.63, 3.8) is 0 Å². The number of nitrogens with zero attached hydrogens (tertiary/aromatic N) is 2. The summed E-state index contributed by atoms with van der Waals surface area (Å²) in [5.41, 5.74) is 5.98. The lowest BCUT2D eigenvalue weighted by atomic mass is 10.2. The molecule has 0 unspecified atom stereocenters. The van der Waals surface area contributed by atoms with Crippen LogP contribution in [0.3, 0.4) is 0 Å². The van der Waals surface area contributed by atoms with Crippen molar-refractivity contribution in [2.45, 2.75) is 6.61 Å². The van der Waals surface area contributed by atoms with Gasteiger partial charge in [0, 0.05) is 0 Å². The van der Waals surface area contributed by atoms with Gasteiger partial charge in [0.1, 0.15) is 6.61 Å². The van der Waals surface area contributed by atoms with Gasteiger partial charge < -0.3 is 9.47 Å². The largest absolute Gasteiger partial charge is 0.493 e. The van der Waals surface area contributed by atoms with Crippen LogP contribution in [0.25, 0.3) is 10.2 Å². The first-order chi connectivity index (χ1) is 14.2. The van der Waals surface area contributed by atoms with Crippen LogP contribution in [0.1, 0.15) is 11.1 Å². The molecule has 4 rings (SSSR count). The third kappa shape index (κ3) is 4.86. The van der Waals surface area contributed by atoms with Gasteiger partial charge in [-0.15, -0.1) is 0 Å². The molecule has 0 saturated carbocycles. The first-order valence-electron chi connectivity index (χ1n) is 8.92. The molecule has 29 heavy (non-hydrogen) atoms. The van der Waals surface area contributed by atoms with Gasteiger partial charge in [0.2, 0.25) is 5.13 Å². The Morgan fingerprint density at radius 2 is 1.90 bits per heavy atom. The summed E-state index contributed by atoms with van der Waals surface area (Å²) in [5, 5.41) is 5.08. The van der Waals surface area contributed by atoms with Gasteiger partial charge in [0.05, 0.1) is 27.1 Å². The van der Waals surface area contributed by atoms with Crippen LogP contribution in [-0.4, -0.2) is 18.3 Å². The van der Waals surface area contributed by atoms with Crippen molar-refractivity contribution in [1.82, 2.24) is 4.98 Å². The van der Waals surface area contributed by atoms with Gasteiger partial charge in [-0.25, -0.2) is 4.98 Å². The van der Waals surface area contributed by atoms with Gasteiger partial charge >= 0.3 is 0 Å². The van der Waals surface area contributed by atoms with Crippen molar-refractivity contribution < 1.29 is 9.47 Å². The summed E-state index contributed by atoms with van der Waals surface area (Å²) in [6.45, 7) is 0.486. The van der Waals surface area contributed by atoms with Crippen LogP contribution < -0.4 is 14.9 Å². The van der Waals surface area contributed by atoms with Crippen molar-refractivity contribution >= 4 is 55.5 Å². The molecule has 0 fully saturated rings. The molecule has 4 aromatic rings. The van der Waals surface area contributed by atoms with Gasteiger partial charge in [0.15, 0.2) is 11.5 Å². The molecule has 0 bridgehead atoms. The standard InChI is InChI=1S/C22H18IN3O2S/c1-27-19-12-16(11-17(23)21(19)28-14-15-7-3-2-4-8-15)13-24-26-22-25-18-9-5-6-10-20(18)29-22/h2-13H,14H2,1H3,(H,25,26)/b24-13-. The highest BCUT2D eigenvalue weighted by Crippen LogP contribution is 2.34. The Morgan fingerprint density at radius 3 is 2.69 bits per heavy atom. The Kier molecular flexibility index (Phi) is 6.26. The smallest absolute Gasteiger partial charge is 0.204 e. The fourth-order valence-corrected chi connectivity index (χ4v) is 4.36. The highest BCUT2D eigenvalue weighted by molar-refractivity contribution is 14.1. The normalized spacial score (nSPS) is 11.1. The first-order valence-corrected chi connectivity index (χ1v) is 10.8. The van der Waals surface area contributed by atoms with E-state index in [1.165, 1.54) is 0 Å². The SMILES string of the molecule is COc1cc(/C=N\Nc2nc3ccccc3s2)cc(I)c1OCc1ccccc1. The zero-order valence-corrected chi connectivity index (χ0v) is 18.6. The second-order valence-electron chi connectivity index (χ2n) is 6.17. The molecule has 5 nitrogen and oxygen atoms in total. The predicted octanol–water partition coefficient (Wildman–Crippen LogP) is 5.93. The number of para-hydroxylation sites is 1. The van der Waals surface area contributed by atoms with Crippen LogP contribution in [-0.2, 0) is 6.61 Å². The topological polar surface area (TPSA) is 55.7 Å². The van der Waals surface area contributed by atoms with Gasteiger partial charge in [-0.3, -0.25) is 5.43 Å². The van der Waals surface area contributed by atoms with E-state index in [-0.39, 0.29) is 0 Å². The highest BCUT2D eigenvalue weighted by atomic mass is 127. The van der Waals surface area contributed by atoms with Gasteiger partial charge in [0.25, 0.3) is 0 Å². The lowest BCUT2D eigenvalue weighted by Gasteiger charge is -2.13. The van der Waals surface area contributed by atoms with Crippen LogP contribution in [0, 0.1) is 3.57 Å². The molecule has 3 aromatic carbocycles. The van der Waals surface area contributed by atoms with E-state index in [1.807, 2.05) is 66.7 Å². The average molecular weight is 515 g/mol. The van der Waals surface area contributed by atoms with Gasteiger partial charge in [-0.2, -0.15) is 5.10 Å². The van der Waals surface area contributed by atoms with Gasteiger partial charge in [-0.05, 0) is 58.0 Å². The third-order valence-electron chi connectivity index (χ3n) is 4.15. The summed E-state index contributed by atoms with van der Waals surface area (Å²) in [4.78, 5) is 4.51. The number of fused-ring (bicyclic) bond motifs is 1. The van der Waals surface area contributed by atoms with E-state index in [1.54, 1.807) is 24.7 Å². The molecular formula is C22H18IN3O2S. The molecule has 0 aliphatic carbocycles. The molecule has 1 aromatic heterocycles. The molecule has 0 amide bonds. The summed E-state index contributed by atoms with van der Waals surface area (Å²) in [6.07, 6.45) is 1.75. The van der Waals surface area contributed by atoms with E-state index in [0.29, 0.717) is 12.4 Å². The Labute approximate surface area is 186 Å². The van der Waals surface area contributed by atoms with Crippen LogP contribution >= 0.6 is 33.9 Å². The number of hydrogen-bond acceptors (Lipinski definition) is 6. The molecule has 0 aliphatic heterocycles. The number of benzene rings is 3. The van der Waals surface area contributed by atoms with E-state index >= 15 is 0 Å². The second kappa shape index (κ2) is 9.23. The fourth-order valence-electron chi connectivity index (χ4n) is 2.77. The summed E-state index contributed by atoms with van der Waals surface area (Å²) >= 11 is 3.82. The molecule has 1 N–H and O–H groups in total. The number of halogens is 1. The van der Waals surface area contributed by atoms with Crippen molar-refractivity contribution in [3.8, 4) is 11.5 Å². The minimum Gasteiger partial charge on any atom is -0.493 e. The van der Waals surface area contributed by atoms with Crippen LogP contribution in [0.2, 0.25) is 0 Å². The molecule has 0 atom stereocenters. The van der Waals surface area contributed by atoms with Crippen molar-refractivity contribution in [1.29, 1.82) is 0 Å². The molecular weight excluding hydrogens is 497 g/mol. The number of anilines is 1. The maximum Gasteiger partial charge on any atom is 0.204 e. The van der Waals surface area contributed by atoms with E-state index in [2.05, 4.69) is 38.1 Å². The first kappa shape index (κ1) is 19.7. The minimum atomic E-state index is 0.486. The van der Waals surface area contributed by atoms with E-state index in [4.69, 9.17) is 9.47 Å². The van der Waals surface area contributed by atoms with Crippen molar-refractivity contribution in [3.05, 3.63) is 81.4 Å². The Bertz CT molecular complexity index is 1110. The molecule has 0 aliphatic rings. The predicted molar refractivity (Wildman–Crippen MR) is 127 cm³/mol. The number of nitrogens with one attached hydrogen (secondary N) is 1. The highest BCUT2D eigenvalue weighted by Gasteiger charge is 2.11. The van der Waals surface area contributed by atoms with Crippen molar-refractivity contribution in [2.24, 2.45) is 5.10 Å². The summed E-state index contributed by atoms with van der Waals surface area (Å²) < 4.78 is 13.6. The maximum atomic E-state index is 6.01. The zero-order chi connectivity index (χ0) is 20.1. The van der Waals surface area contributed by atoms with Crippen LogP contribution in [0.5, 0.6) is 11.5 Å². The molecule has 146 valence electrons. The summed E-state index contributed by atoms with van der Waals surface area (Å²) in [5.74, 6) is 1.41. The fraction of sp³-hybridized carbons (Fsp3) is 0.0909. The average Bonchev–Trinajstić information content (AvgIpc) is 3.16. The number of aromatic nitrogens is 1. The minimum absolute atomic E-state index is 0.486. The van der Waals surface area contributed by atoms with E-state index < -0.39 is 0 Å². The molecule has 1 heterocycles. The molecule has 0 saturated heterocycles. The Balaban J connectivity index is 1.47. The molecule has 0 spiro atoms. The monoisotopic (exact) mass is 515 g/mol. The number of thiazole rings is 1. The summed E-state index contributed by atoms with van der Waals surface area (Å²) in [7, 11) is 1.64. The number of hydrogen-bond donors (Lipinski definition) is 1. The van der Waals surface area contributed by atoms with Crippen LogP contribution in [0.15, 0.2) is 71.8 Å². The lowest BCUT2D eigenvalue weighted by Crippen LogP contribution is -2.01. The number of ether oxygens (including phenoxy) is 2. The zero-order valence-electron chi connectivity index (χ0n) is 15.6. The summed E-state index contributed by atoms with van der Waals surface area (Å²) in [6, 6.07) is 22.0. The van der Waals surface area contributed by atoms with Crippen LogP contribution in [0.4, 0.5) is 5.13 Å². The maximum absolute atomic E-state index is 6.01. The second-order valence-corrected chi connectivity index (χ2v) is 8.36. The van der Waals surface area contributed by atoms with Crippen molar-refractivity contribution in [2.75, 3.05) is 12.5 Å². The number of rotatable bonds is 7. The third-order valence-corrected chi connectivity index (χ3v) is 5.89. The van der Waals surface area contributed by atoms with E-state index in [9.17, 15) is 0 Å². The Morgan fingerprint density at radius 1 is 1.10 bits per heavy atom. The van der Waals surface area contributed by atoms with E-state index in [0.717, 1.165) is 35.8 Å². The lowest BCUT2D eigenvalue weighted by molar-refractivity contribution is 0.282. The molecule has 7 heteroatoms. The van der Waals surface area contributed by atoms with Gasteiger partial charge in [-0.1, -0.05) is 53.8 Å². The Hall–Kier alpha value is -2.65.